The molecule has 4 rings (SSSR count). The molecule has 158 valence electrons. The molecule has 7 nitrogen and oxygen atoms in total. The van der Waals surface area contributed by atoms with Crippen molar-refractivity contribution in [1.82, 2.24) is 0 Å². The van der Waals surface area contributed by atoms with Crippen LogP contribution in [0.1, 0.15) is 12.5 Å². The van der Waals surface area contributed by atoms with Crippen LogP contribution >= 0.6 is 0 Å². The van der Waals surface area contributed by atoms with E-state index >= 15 is 0 Å². The fourth-order valence-corrected chi connectivity index (χ4v) is 3.76. The van der Waals surface area contributed by atoms with Crippen molar-refractivity contribution < 1.29 is 19.2 Å². The molecule has 3 aromatic carbocycles. The topological polar surface area (TPSA) is 81.9 Å². The highest BCUT2D eigenvalue weighted by atomic mass is 16.6. The van der Waals surface area contributed by atoms with Gasteiger partial charge in [-0.05, 0) is 48.7 Å². The van der Waals surface area contributed by atoms with Gasteiger partial charge in [0.05, 0.1) is 12.0 Å². The summed E-state index contributed by atoms with van der Waals surface area (Å²) in [7, 11) is 1.57. The smallest absolute Gasteiger partial charge is 0.270 e. The van der Waals surface area contributed by atoms with Crippen LogP contribution in [0.15, 0.2) is 66.7 Å². The fourth-order valence-electron chi connectivity index (χ4n) is 3.76. The van der Waals surface area contributed by atoms with Gasteiger partial charge in [0.2, 0.25) is 0 Å². The Kier molecular flexibility index (Phi) is 5.58. The van der Waals surface area contributed by atoms with Crippen LogP contribution in [0.4, 0.5) is 11.4 Å². The summed E-state index contributed by atoms with van der Waals surface area (Å²) in [6.45, 7) is 2.31. The zero-order valence-electron chi connectivity index (χ0n) is 17.3. The number of para-hydroxylation sites is 1. The lowest BCUT2D eigenvalue weighted by atomic mass is 10.0. The number of nitrogens with zero attached hydrogens (tertiary/aromatic N) is 2. The molecule has 31 heavy (non-hydrogen) atoms. The third-order valence-electron chi connectivity index (χ3n) is 5.38. The minimum absolute atomic E-state index is 0.0504. The molecule has 0 aliphatic carbocycles. The van der Waals surface area contributed by atoms with E-state index in [1.807, 2.05) is 24.3 Å². The molecule has 0 saturated carbocycles. The minimum Gasteiger partial charge on any atom is -0.497 e. The monoisotopic (exact) mass is 418 g/mol. The van der Waals surface area contributed by atoms with Crippen molar-refractivity contribution in [2.75, 3.05) is 18.6 Å². The van der Waals surface area contributed by atoms with Crippen molar-refractivity contribution in [1.29, 1.82) is 0 Å². The Morgan fingerprint density at radius 2 is 1.84 bits per heavy atom. The van der Waals surface area contributed by atoms with Crippen LogP contribution in [-0.2, 0) is 11.2 Å². The van der Waals surface area contributed by atoms with Crippen molar-refractivity contribution >= 4 is 17.3 Å². The molecule has 0 radical (unpaired) electrons. The summed E-state index contributed by atoms with van der Waals surface area (Å²) >= 11 is 0. The number of carbonyl (C=O) groups is 1. The largest absolute Gasteiger partial charge is 0.497 e. The average Bonchev–Trinajstić information content (AvgIpc) is 3.23. The molecule has 1 unspecified atom stereocenters. The van der Waals surface area contributed by atoms with E-state index in [9.17, 15) is 14.9 Å². The van der Waals surface area contributed by atoms with Crippen LogP contribution in [0.2, 0.25) is 0 Å². The molecule has 1 aliphatic rings. The Morgan fingerprint density at radius 3 is 2.55 bits per heavy atom. The number of amides is 1. The number of anilines is 1. The SMILES string of the molecule is COc1ccc(-c2cc([N+](=O)[O-])ccc2OC(C)C(=O)N2CCc3ccccc32)cc1. The van der Waals surface area contributed by atoms with Gasteiger partial charge in [0.25, 0.3) is 11.6 Å². The van der Waals surface area contributed by atoms with E-state index in [2.05, 4.69) is 0 Å². The molecule has 1 atom stereocenters. The number of hydrogen-bond acceptors (Lipinski definition) is 5. The van der Waals surface area contributed by atoms with Crippen molar-refractivity contribution in [3.8, 4) is 22.6 Å². The standard InChI is InChI=1S/C24H22N2O5/c1-16(24(27)25-14-13-18-5-3-4-6-22(18)25)31-23-12-9-19(26(28)29)15-21(23)17-7-10-20(30-2)11-8-17/h3-12,15-16H,13-14H2,1-2H3. The van der Waals surface area contributed by atoms with Crippen LogP contribution in [-0.4, -0.2) is 30.6 Å². The lowest BCUT2D eigenvalue weighted by molar-refractivity contribution is -0.384. The number of ether oxygens (including phenoxy) is 2. The Bertz CT molecular complexity index is 1130. The summed E-state index contributed by atoms with van der Waals surface area (Å²) < 4.78 is 11.2. The van der Waals surface area contributed by atoms with Gasteiger partial charge in [-0.15, -0.1) is 0 Å². The van der Waals surface area contributed by atoms with Crippen molar-refractivity contribution in [2.45, 2.75) is 19.4 Å². The van der Waals surface area contributed by atoms with Crippen LogP contribution in [0, 0.1) is 10.1 Å². The van der Waals surface area contributed by atoms with E-state index in [0.29, 0.717) is 23.6 Å². The normalized spacial score (nSPS) is 13.4. The van der Waals surface area contributed by atoms with E-state index < -0.39 is 11.0 Å². The van der Waals surface area contributed by atoms with Gasteiger partial charge in [-0.1, -0.05) is 30.3 Å². The van der Waals surface area contributed by atoms with Gasteiger partial charge in [0.1, 0.15) is 11.5 Å². The van der Waals surface area contributed by atoms with Gasteiger partial charge in [0.15, 0.2) is 6.10 Å². The highest BCUT2D eigenvalue weighted by Gasteiger charge is 2.29. The zero-order valence-corrected chi connectivity index (χ0v) is 17.3. The number of nitro benzene ring substituents is 1. The summed E-state index contributed by atoms with van der Waals surface area (Å²) in [6.07, 6.45) is 0.0492. The molecule has 1 heterocycles. The second-order valence-corrected chi connectivity index (χ2v) is 7.29. The summed E-state index contributed by atoms with van der Waals surface area (Å²) in [5.74, 6) is 0.931. The average molecular weight is 418 g/mol. The highest BCUT2D eigenvalue weighted by Crippen LogP contribution is 2.35. The maximum absolute atomic E-state index is 13.1. The van der Waals surface area contributed by atoms with Crippen molar-refractivity contribution in [2.24, 2.45) is 0 Å². The van der Waals surface area contributed by atoms with Crippen LogP contribution in [0.3, 0.4) is 0 Å². The highest BCUT2D eigenvalue weighted by molar-refractivity contribution is 5.98. The third-order valence-corrected chi connectivity index (χ3v) is 5.38. The van der Waals surface area contributed by atoms with Gasteiger partial charge >= 0.3 is 0 Å². The molecule has 0 fully saturated rings. The maximum atomic E-state index is 13.1. The molecule has 0 aromatic heterocycles. The summed E-state index contributed by atoms with van der Waals surface area (Å²) in [5.41, 5.74) is 3.26. The lowest BCUT2D eigenvalue weighted by Crippen LogP contribution is -2.39. The first kappa shape index (κ1) is 20.4. The molecule has 0 saturated heterocycles. The molecule has 7 heteroatoms. The van der Waals surface area contributed by atoms with Gasteiger partial charge in [-0.3, -0.25) is 14.9 Å². The second-order valence-electron chi connectivity index (χ2n) is 7.29. The first-order valence-corrected chi connectivity index (χ1v) is 9.96. The Hall–Kier alpha value is -3.87. The van der Waals surface area contributed by atoms with Crippen molar-refractivity contribution in [3.05, 3.63) is 82.4 Å². The van der Waals surface area contributed by atoms with Gasteiger partial charge in [-0.2, -0.15) is 0 Å². The third kappa shape index (κ3) is 4.07. The molecule has 3 aromatic rings. The van der Waals surface area contributed by atoms with Crippen LogP contribution in [0.5, 0.6) is 11.5 Å². The maximum Gasteiger partial charge on any atom is 0.270 e. The molecule has 0 N–H and O–H groups in total. The number of methoxy groups -OCH3 is 1. The number of carbonyl (C=O) groups excluding carboxylic acids is 1. The first-order chi connectivity index (χ1) is 15.0. The fraction of sp³-hybridized carbons (Fsp3) is 0.208. The molecule has 1 amide bonds. The number of benzene rings is 3. The van der Waals surface area contributed by atoms with Gasteiger partial charge in [-0.25, -0.2) is 0 Å². The molecule has 0 spiro atoms. The lowest BCUT2D eigenvalue weighted by Gasteiger charge is -2.23. The van der Waals surface area contributed by atoms with Crippen LogP contribution < -0.4 is 14.4 Å². The van der Waals surface area contributed by atoms with E-state index in [1.54, 1.807) is 49.3 Å². The van der Waals surface area contributed by atoms with E-state index in [4.69, 9.17) is 9.47 Å². The first-order valence-electron chi connectivity index (χ1n) is 9.96. The summed E-state index contributed by atoms with van der Waals surface area (Å²) in [4.78, 5) is 25.7. The molecular formula is C24H22N2O5. The molecular weight excluding hydrogens is 396 g/mol. The Labute approximate surface area is 180 Å². The van der Waals surface area contributed by atoms with E-state index in [0.717, 1.165) is 23.2 Å². The molecule has 1 aliphatic heterocycles. The van der Waals surface area contributed by atoms with E-state index in [-0.39, 0.29) is 11.6 Å². The second kappa shape index (κ2) is 8.47. The summed E-state index contributed by atoms with van der Waals surface area (Å²) in [5, 5.41) is 11.3. The number of hydrogen-bond donors (Lipinski definition) is 0. The zero-order chi connectivity index (χ0) is 22.0. The summed E-state index contributed by atoms with van der Waals surface area (Å²) in [6, 6.07) is 19.3. The predicted octanol–water partition coefficient (Wildman–Crippen LogP) is 4.63. The Morgan fingerprint density at radius 1 is 1.10 bits per heavy atom. The van der Waals surface area contributed by atoms with Gasteiger partial charge < -0.3 is 14.4 Å². The quantitative estimate of drug-likeness (QED) is 0.431. The van der Waals surface area contributed by atoms with Crippen molar-refractivity contribution in [3.63, 3.8) is 0 Å². The minimum atomic E-state index is -0.760. The van der Waals surface area contributed by atoms with E-state index in [1.165, 1.54) is 12.1 Å². The predicted molar refractivity (Wildman–Crippen MR) is 118 cm³/mol. The number of nitro groups is 1. The number of non-ortho nitro benzene ring substituents is 1. The number of rotatable bonds is 6. The van der Waals surface area contributed by atoms with Crippen LogP contribution in [0.25, 0.3) is 11.1 Å². The number of fused-ring (bicyclic) bond motifs is 1. The molecule has 0 bridgehead atoms. The van der Waals surface area contributed by atoms with Gasteiger partial charge in [0, 0.05) is 29.9 Å². The Balaban J connectivity index is 1.63.